The van der Waals surface area contributed by atoms with Gasteiger partial charge >= 0.3 is 13.8 Å². The van der Waals surface area contributed by atoms with E-state index in [2.05, 4.69) is 0 Å². The second-order valence-electron chi connectivity index (χ2n) is 2.83. The standard InChI is InChI=1S/C6H13N4O4P/c7-4(5(11)12)2-1-3-10(6(8)9)15(13)14/h4H,1-3,7H2,(H3,8,9)(H,11,12). The molecule has 0 fully saturated rings. The van der Waals surface area contributed by atoms with Gasteiger partial charge in [-0.25, -0.2) is 13.8 Å². The molecule has 0 saturated carbocycles. The Morgan fingerprint density at radius 1 is 1.53 bits per heavy atom. The van der Waals surface area contributed by atoms with E-state index < -0.39 is 25.8 Å². The average molecular weight is 236 g/mol. The molecule has 0 aliphatic rings. The molecule has 1 atom stereocenters. The van der Waals surface area contributed by atoms with Gasteiger partial charge in [-0.1, -0.05) is 0 Å². The molecule has 0 bridgehead atoms. The van der Waals surface area contributed by atoms with Crippen LogP contribution < -0.4 is 11.5 Å². The fourth-order valence-electron chi connectivity index (χ4n) is 0.875. The van der Waals surface area contributed by atoms with E-state index in [4.69, 9.17) is 22.0 Å². The lowest BCUT2D eigenvalue weighted by Gasteiger charge is -2.13. The summed E-state index contributed by atoms with van der Waals surface area (Å²) in [7, 11) is -2.95. The second kappa shape index (κ2) is 6.15. The predicted molar refractivity (Wildman–Crippen MR) is 51.8 cm³/mol. The summed E-state index contributed by atoms with van der Waals surface area (Å²) in [6, 6.07) is -1.02. The SMILES string of the molecule is N=C(N)N(CCCC(N)C(=O)O)P(=O)=O. The maximum absolute atomic E-state index is 10.5. The number of nitrogens with zero attached hydrogens (tertiary/aromatic N) is 1. The van der Waals surface area contributed by atoms with Crippen LogP contribution in [0.4, 0.5) is 0 Å². The van der Waals surface area contributed by atoms with Crippen molar-refractivity contribution in [2.75, 3.05) is 6.54 Å². The van der Waals surface area contributed by atoms with Gasteiger partial charge in [0.15, 0.2) is 5.96 Å². The summed E-state index contributed by atoms with van der Waals surface area (Å²) in [5.41, 5.74) is 10.2. The first-order chi connectivity index (χ1) is 6.86. The summed E-state index contributed by atoms with van der Waals surface area (Å²) >= 11 is 0. The maximum atomic E-state index is 10.5. The molecule has 1 unspecified atom stereocenters. The molecule has 6 N–H and O–H groups in total. The van der Waals surface area contributed by atoms with Gasteiger partial charge in [-0.2, -0.15) is 0 Å². The first-order valence-corrected chi connectivity index (χ1v) is 5.23. The van der Waals surface area contributed by atoms with Crippen LogP contribution in [0.2, 0.25) is 0 Å². The van der Waals surface area contributed by atoms with Gasteiger partial charge in [-0.15, -0.1) is 0 Å². The van der Waals surface area contributed by atoms with Crippen molar-refractivity contribution in [3.05, 3.63) is 0 Å². The zero-order chi connectivity index (χ0) is 12.0. The number of hydrogen-bond donors (Lipinski definition) is 4. The van der Waals surface area contributed by atoms with E-state index in [1.54, 1.807) is 0 Å². The molecule has 0 saturated heterocycles. The summed E-state index contributed by atoms with van der Waals surface area (Å²) in [6.07, 6.45) is 0.360. The molecule has 0 heterocycles. The Morgan fingerprint density at radius 2 is 2.07 bits per heavy atom. The van der Waals surface area contributed by atoms with Crippen LogP contribution in [0.3, 0.4) is 0 Å². The quantitative estimate of drug-likeness (QED) is 0.274. The maximum Gasteiger partial charge on any atom is 0.429 e. The first-order valence-electron chi connectivity index (χ1n) is 4.10. The molecular formula is C6H13N4O4P. The highest BCUT2D eigenvalue weighted by molar-refractivity contribution is 7.28. The predicted octanol–water partition coefficient (Wildman–Crippen LogP) is -0.538. The van der Waals surface area contributed by atoms with Crippen molar-refractivity contribution in [2.45, 2.75) is 18.9 Å². The van der Waals surface area contributed by atoms with Crippen LogP contribution in [0.1, 0.15) is 12.8 Å². The normalized spacial score (nSPS) is 11.8. The van der Waals surface area contributed by atoms with Crippen LogP contribution >= 0.6 is 7.83 Å². The Hall–Kier alpha value is -1.40. The molecule has 86 valence electrons. The van der Waals surface area contributed by atoms with Crippen molar-refractivity contribution in [3.8, 4) is 0 Å². The van der Waals surface area contributed by atoms with Crippen molar-refractivity contribution in [1.82, 2.24) is 4.67 Å². The Kier molecular flexibility index (Phi) is 5.58. The van der Waals surface area contributed by atoms with E-state index in [-0.39, 0.29) is 19.4 Å². The van der Waals surface area contributed by atoms with Crippen molar-refractivity contribution < 1.29 is 19.0 Å². The fraction of sp³-hybridized carbons (Fsp3) is 0.667. The number of rotatable bonds is 6. The monoisotopic (exact) mass is 236 g/mol. The molecule has 0 aromatic heterocycles. The minimum atomic E-state index is -2.95. The van der Waals surface area contributed by atoms with Crippen molar-refractivity contribution in [1.29, 1.82) is 5.41 Å². The van der Waals surface area contributed by atoms with Crippen LogP contribution in [0.5, 0.6) is 0 Å². The lowest BCUT2D eigenvalue weighted by atomic mass is 10.2. The largest absolute Gasteiger partial charge is 0.480 e. The number of carboxylic acid groups (broad SMARTS) is 1. The van der Waals surface area contributed by atoms with Crippen LogP contribution in [-0.2, 0) is 13.9 Å². The van der Waals surface area contributed by atoms with Gasteiger partial charge in [-0.05, 0) is 12.8 Å². The van der Waals surface area contributed by atoms with E-state index in [1.807, 2.05) is 0 Å². The number of nitrogens with two attached hydrogens (primary N) is 2. The van der Waals surface area contributed by atoms with Gasteiger partial charge in [0.05, 0.1) is 0 Å². The Morgan fingerprint density at radius 3 is 2.40 bits per heavy atom. The summed E-state index contributed by atoms with van der Waals surface area (Å²) in [5, 5.41) is 15.4. The van der Waals surface area contributed by atoms with Gasteiger partial charge < -0.3 is 16.6 Å². The highest BCUT2D eigenvalue weighted by Gasteiger charge is 2.15. The minimum absolute atomic E-state index is 0.0327. The summed E-state index contributed by atoms with van der Waals surface area (Å²) in [5.74, 6) is -1.73. The highest BCUT2D eigenvalue weighted by Crippen LogP contribution is 2.13. The molecule has 9 heteroatoms. The molecular weight excluding hydrogens is 223 g/mol. The van der Waals surface area contributed by atoms with E-state index in [1.165, 1.54) is 0 Å². The third-order valence-electron chi connectivity index (χ3n) is 1.68. The number of carboxylic acids is 1. The van der Waals surface area contributed by atoms with Crippen molar-refractivity contribution in [2.24, 2.45) is 11.5 Å². The molecule has 0 aromatic carbocycles. The zero-order valence-electron chi connectivity index (χ0n) is 7.92. The third-order valence-corrected chi connectivity index (χ3v) is 2.49. The summed E-state index contributed by atoms with van der Waals surface area (Å²) < 4.78 is 21.7. The number of hydrogen-bond acceptors (Lipinski definition) is 5. The summed E-state index contributed by atoms with van der Waals surface area (Å²) in [6.45, 7) is -0.0327. The molecule has 0 spiro atoms. The Balaban J connectivity index is 4.03. The number of carbonyl (C=O) groups is 1. The van der Waals surface area contributed by atoms with Gasteiger partial charge in [0.1, 0.15) is 6.04 Å². The molecule has 0 radical (unpaired) electrons. The Bertz CT molecular complexity index is 308. The third kappa shape index (κ3) is 5.14. The van der Waals surface area contributed by atoms with E-state index in [0.717, 1.165) is 0 Å². The minimum Gasteiger partial charge on any atom is -0.480 e. The molecule has 0 aliphatic heterocycles. The molecule has 0 aromatic rings. The number of guanidine groups is 1. The second-order valence-corrected chi connectivity index (χ2v) is 3.79. The zero-order valence-corrected chi connectivity index (χ0v) is 8.81. The number of nitrogens with one attached hydrogen (secondary N) is 1. The molecule has 0 amide bonds. The van der Waals surface area contributed by atoms with Crippen LogP contribution in [0.15, 0.2) is 0 Å². The highest BCUT2D eigenvalue weighted by atomic mass is 31.1. The number of aliphatic carboxylic acids is 1. The molecule has 0 aliphatic carbocycles. The molecule has 8 nitrogen and oxygen atoms in total. The van der Waals surface area contributed by atoms with Gasteiger partial charge in [0, 0.05) is 6.54 Å². The first kappa shape index (κ1) is 13.6. The van der Waals surface area contributed by atoms with Crippen LogP contribution in [0, 0.1) is 5.41 Å². The van der Waals surface area contributed by atoms with Gasteiger partial charge in [-0.3, -0.25) is 10.2 Å². The van der Waals surface area contributed by atoms with Gasteiger partial charge in [0.25, 0.3) is 0 Å². The summed E-state index contributed by atoms with van der Waals surface area (Å²) in [4.78, 5) is 10.3. The van der Waals surface area contributed by atoms with Crippen molar-refractivity contribution in [3.63, 3.8) is 0 Å². The molecule has 15 heavy (non-hydrogen) atoms. The van der Waals surface area contributed by atoms with Crippen LogP contribution in [-0.4, -0.2) is 34.3 Å². The lowest BCUT2D eigenvalue weighted by Crippen LogP contribution is -2.33. The smallest absolute Gasteiger partial charge is 0.429 e. The topological polar surface area (TPSA) is 151 Å². The molecule has 0 rings (SSSR count). The van der Waals surface area contributed by atoms with E-state index in [9.17, 15) is 13.9 Å². The Labute approximate surface area is 86.6 Å². The average Bonchev–Trinajstić information content (AvgIpc) is 2.10. The van der Waals surface area contributed by atoms with Crippen LogP contribution in [0.25, 0.3) is 0 Å². The van der Waals surface area contributed by atoms with E-state index >= 15 is 0 Å². The van der Waals surface area contributed by atoms with Gasteiger partial charge in [0.2, 0.25) is 0 Å². The van der Waals surface area contributed by atoms with Crippen molar-refractivity contribution >= 4 is 19.8 Å². The van der Waals surface area contributed by atoms with E-state index in [0.29, 0.717) is 4.67 Å². The fourth-order valence-corrected chi connectivity index (χ4v) is 1.36. The lowest BCUT2D eigenvalue weighted by molar-refractivity contribution is -0.138.